The standard InChI is InChI=1S/C16H14Cl3N5O/c1-9-15(19)10(2)24(21-9)8-23-6-5-14(22-23)16(25)20-11-3-4-12(17)13(18)7-11/h3-7H,8H2,1-2H3,(H,20,25). The molecule has 0 bridgehead atoms. The van der Waals surface area contributed by atoms with E-state index in [0.29, 0.717) is 27.4 Å². The molecule has 1 N–H and O–H groups in total. The van der Waals surface area contributed by atoms with Gasteiger partial charge in [-0.1, -0.05) is 34.8 Å². The summed E-state index contributed by atoms with van der Waals surface area (Å²) < 4.78 is 3.34. The summed E-state index contributed by atoms with van der Waals surface area (Å²) in [5, 5.41) is 12.8. The number of hydrogen-bond donors (Lipinski definition) is 1. The van der Waals surface area contributed by atoms with Gasteiger partial charge in [0.25, 0.3) is 5.91 Å². The van der Waals surface area contributed by atoms with E-state index in [2.05, 4.69) is 15.5 Å². The third kappa shape index (κ3) is 3.81. The second kappa shape index (κ2) is 7.07. The van der Waals surface area contributed by atoms with Crippen molar-refractivity contribution in [2.45, 2.75) is 20.5 Å². The molecular weight excluding hydrogens is 385 g/mol. The summed E-state index contributed by atoms with van der Waals surface area (Å²) >= 11 is 17.9. The number of carbonyl (C=O) groups excluding carboxylic acids is 1. The zero-order valence-corrected chi connectivity index (χ0v) is 15.7. The van der Waals surface area contributed by atoms with Crippen LogP contribution in [0.1, 0.15) is 21.9 Å². The molecule has 130 valence electrons. The first kappa shape index (κ1) is 17.8. The molecule has 6 nitrogen and oxygen atoms in total. The predicted octanol–water partition coefficient (Wildman–Crippen LogP) is 4.41. The van der Waals surface area contributed by atoms with Crippen molar-refractivity contribution < 1.29 is 4.79 Å². The quantitative estimate of drug-likeness (QED) is 0.708. The van der Waals surface area contributed by atoms with Crippen LogP contribution in [-0.2, 0) is 6.67 Å². The SMILES string of the molecule is Cc1nn(Cn2ccc(C(=O)Nc3ccc(Cl)c(Cl)c3)n2)c(C)c1Cl. The monoisotopic (exact) mass is 397 g/mol. The molecule has 1 aromatic carbocycles. The fraction of sp³-hybridized carbons (Fsp3) is 0.188. The van der Waals surface area contributed by atoms with Gasteiger partial charge in [-0.25, -0.2) is 4.68 Å². The lowest BCUT2D eigenvalue weighted by atomic mass is 10.3. The minimum Gasteiger partial charge on any atom is -0.321 e. The molecule has 25 heavy (non-hydrogen) atoms. The third-order valence-corrected chi connectivity index (χ3v) is 4.91. The lowest BCUT2D eigenvalue weighted by Crippen LogP contribution is -2.15. The molecule has 2 heterocycles. The molecule has 0 atom stereocenters. The molecule has 9 heteroatoms. The van der Waals surface area contributed by atoms with Crippen LogP contribution in [-0.4, -0.2) is 25.5 Å². The van der Waals surface area contributed by atoms with E-state index in [4.69, 9.17) is 34.8 Å². The average Bonchev–Trinajstić information content (AvgIpc) is 3.13. The molecule has 0 radical (unpaired) electrons. The zero-order valence-electron chi connectivity index (χ0n) is 13.4. The van der Waals surface area contributed by atoms with Crippen molar-refractivity contribution in [3.8, 4) is 0 Å². The molecule has 0 saturated heterocycles. The Kier molecular flexibility index (Phi) is 5.03. The summed E-state index contributed by atoms with van der Waals surface area (Å²) in [7, 11) is 0. The topological polar surface area (TPSA) is 64.7 Å². The summed E-state index contributed by atoms with van der Waals surface area (Å²) in [4.78, 5) is 12.3. The van der Waals surface area contributed by atoms with Gasteiger partial charge in [-0.05, 0) is 38.1 Å². The zero-order chi connectivity index (χ0) is 18.1. The van der Waals surface area contributed by atoms with Gasteiger partial charge in [-0.15, -0.1) is 0 Å². The van der Waals surface area contributed by atoms with E-state index in [1.807, 2.05) is 13.8 Å². The number of hydrogen-bond acceptors (Lipinski definition) is 3. The number of nitrogens with zero attached hydrogens (tertiary/aromatic N) is 4. The van der Waals surface area contributed by atoms with Gasteiger partial charge in [-0.3, -0.25) is 9.48 Å². The van der Waals surface area contributed by atoms with Crippen molar-refractivity contribution in [2.24, 2.45) is 0 Å². The van der Waals surface area contributed by atoms with E-state index in [0.717, 1.165) is 11.4 Å². The Balaban J connectivity index is 1.73. The molecule has 0 aliphatic heterocycles. The number of nitrogens with one attached hydrogen (secondary N) is 1. The number of anilines is 1. The highest BCUT2D eigenvalue weighted by Crippen LogP contribution is 2.25. The van der Waals surface area contributed by atoms with Crippen LogP contribution in [0.3, 0.4) is 0 Å². The van der Waals surface area contributed by atoms with E-state index >= 15 is 0 Å². The molecule has 0 aliphatic carbocycles. The predicted molar refractivity (Wildman–Crippen MR) is 98.8 cm³/mol. The van der Waals surface area contributed by atoms with E-state index in [-0.39, 0.29) is 11.6 Å². The molecule has 0 unspecified atom stereocenters. The number of aryl methyl sites for hydroxylation is 1. The number of carbonyl (C=O) groups is 1. The van der Waals surface area contributed by atoms with Crippen LogP contribution in [0.25, 0.3) is 0 Å². The van der Waals surface area contributed by atoms with E-state index in [9.17, 15) is 4.79 Å². The van der Waals surface area contributed by atoms with Crippen LogP contribution < -0.4 is 5.32 Å². The van der Waals surface area contributed by atoms with Crippen LogP contribution in [0.4, 0.5) is 5.69 Å². The number of rotatable bonds is 4. The fourth-order valence-corrected chi connectivity index (χ4v) is 2.71. The van der Waals surface area contributed by atoms with Crippen LogP contribution in [0, 0.1) is 13.8 Å². The number of halogens is 3. The van der Waals surface area contributed by atoms with E-state index in [1.54, 1.807) is 39.8 Å². The van der Waals surface area contributed by atoms with Crippen molar-refractivity contribution in [2.75, 3.05) is 5.32 Å². The first-order chi connectivity index (χ1) is 11.8. The van der Waals surface area contributed by atoms with Crippen LogP contribution in [0.2, 0.25) is 15.1 Å². The van der Waals surface area contributed by atoms with Crippen molar-refractivity contribution in [3.63, 3.8) is 0 Å². The number of amides is 1. The lowest BCUT2D eigenvalue weighted by molar-refractivity contribution is 0.102. The van der Waals surface area contributed by atoms with Gasteiger partial charge in [0.2, 0.25) is 0 Å². The molecule has 2 aromatic heterocycles. The van der Waals surface area contributed by atoms with Crippen LogP contribution in [0.15, 0.2) is 30.5 Å². The van der Waals surface area contributed by atoms with Gasteiger partial charge < -0.3 is 5.32 Å². The largest absolute Gasteiger partial charge is 0.321 e. The summed E-state index contributed by atoms with van der Waals surface area (Å²) in [6, 6.07) is 6.49. The third-order valence-electron chi connectivity index (χ3n) is 3.62. The van der Waals surface area contributed by atoms with Crippen molar-refractivity contribution in [1.29, 1.82) is 0 Å². The second-order valence-corrected chi connectivity index (χ2v) is 6.64. The highest BCUT2D eigenvalue weighted by Gasteiger charge is 2.13. The van der Waals surface area contributed by atoms with Gasteiger partial charge in [0, 0.05) is 11.9 Å². The fourth-order valence-electron chi connectivity index (χ4n) is 2.28. The minimum absolute atomic E-state index is 0.277. The van der Waals surface area contributed by atoms with Crippen LogP contribution in [0.5, 0.6) is 0 Å². The van der Waals surface area contributed by atoms with Crippen molar-refractivity contribution >= 4 is 46.4 Å². The molecule has 3 aromatic rings. The first-order valence-electron chi connectivity index (χ1n) is 7.34. The molecule has 0 spiro atoms. The lowest BCUT2D eigenvalue weighted by Gasteiger charge is -2.06. The summed E-state index contributed by atoms with van der Waals surface area (Å²) in [6.45, 7) is 4.08. The maximum atomic E-state index is 12.3. The molecule has 0 fully saturated rings. The number of benzene rings is 1. The molecule has 1 amide bonds. The second-order valence-electron chi connectivity index (χ2n) is 5.45. The summed E-state index contributed by atoms with van der Waals surface area (Å²) in [6.07, 6.45) is 1.70. The Hall–Kier alpha value is -2.02. The van der Waals surface area contributed by atoms with Gasteiger partial charge >= 0.3 is 0 Å². The molecular formula is C16H14Cl3N5O. The Bertz CT molecular complexity index is 947. The maximum absolute atomic E-state index is 12.3. The average molecular weight is 399 g/mol. The first-order valence-corrected chi connectivity index (χ1v) is 8.48. The normalized spacial score (nSPS) is 10.9. The van der Waals surface area contributed by atoms with Crippen molar-refractivity contribution in [3.05, 3.63) is 62.6 Å². The Morgan fingerprint density at radius 1 is 1.12 bits per heavy atom. The molecule has 3 rings (SSSR count). The smallest absolute Gasteiger partial charge is 0.276 e. The highest BCUT2D eigenvalue weighted by molar-refractivity contribution is 6.42. The van der Waals surface area contributed by atoms with Gasteiger partial charge in [0.05, 0.1) is 26.5 Å². The highest BCUT2D eigenvalue weighted by atomic mass is 35.5. The van der Waals surface area contributed by atoms with E-state index < -0.39 is 0 Å². The summed E-state index contributed by atoms with van der Waals surface area (Å²) in [5.74, 6) is -0.344. The maximum Gasteiger partial charge on any atom is 0.276 e. The van der Waals surface area contributed by atoms with Gasteiger partial charge in [0.1, 0.15) is 6.67 Å². The van der Waals surface area contributed by atoms with Gasteiger partial charge in [0.15, 0.2) is 5.69 Å². The summed E-state index contributed by atoms with van der Waals surface area (Å²) in [5.41, 5.74) is 2.42. The minimum atomic E-state index is -0.344. The Labute approximate surface area is 159 Å². The van der Waals surface area contributed by atoms with Crippen molar-refractivity contribution in [1.82, 2.24) is 19.6 Å². The van der Waals surface area contributed by atoms with E-state index in [1.165, 1.54) is 0 Å². The van der Waals surface area contributed by atoms with Gasteiger partial charge in [-0.2, -0.15) is 10.2 Å². The Morgan fingerprint density at radius 2 is 1.88 bits per heavy atom. The van der Waals surface area contributed by atoms with Crippen LogP contribution >= 0.6 is 34.8 Å². The molecule has 0 aliphatic rings. The molecule has 0 saturated carbocycles. The number of aromatic nitrogens is 4. The Morgan fingerprint density at radius 3 is 2.52 bits per heavy atom.